The van der Waals surface area contributed by atoms with Crippen molar-refractivity contribution >= 4 is 34.0 Å². The summed E-state index contributed by atoms with van der Waals surface area (Å²) in [5.74, 6) is 0.156. The van der Waals surface area contributed by atoms with Gasteiger partial charge in [-0.3, -0.25) is 9.36 Å². The van der Waals surface area contributed by atoms with Gasteiger partial charge in [-0.15, -0.1) is 21.5 Å². The molecule has 0 spiro atoms. The Kier molecular flexibility index (Phi) is 6.47. The number of carbonyl (C=O) groups is 1. The molecule has 2 aliphatic carbocycles. The number of thioether (sulfide) groups is 1. The van der Waals surface area contributed by atoms with E-state index < -0.39 is 0 Å². The van der Waals surface area contributed by atoms with Gasteiger partial charge in [0.15, 0.2) is 11.0 Å². The van der Waals surface area contributed by atoms with Gasteiger partial charge in [-0.2, -0.15) is 5.26 Å². The van der Waals surface area contributed by atoms with E-state index in [1.54, 1.807) is 18.2 Å². The molecule has 1 saturated carbocycles. The predicted octanol–water partition coefficient (Wildman–Crippen LogP) is 5.74. The fourth-order valence-electron chi connectivity index (χ4n) is 4.76. The predicted molar refractivity (Wildman–Crippen MR) is 128 cm³/mol. The van der Waals surface area contributed by atoms with Crippen molar-refractivity contribution in [2.45, 2.75) is 62.6 Å². The number of benzene rings is 1. The highest BCUT2D eigenvalue weighted by Gasteiger charge is 2.27. The zero-order valence-electron chi connectivity index (χ0n) is 18.1. The van der Waals surface area contributed by atoms with E-state index in [1.165, 1.54) is 34.0 Å². The van der Waals surface area contributed by atoms with Gasteiger partial charge in [0.05, 0.1) is 16.9 Å². The highest BCUT2D eigenvalue weighted by Crippen LogP contribution is 2.39. The van der Waals surface area contributed by atoms with E-state index in [0.717, 1.165) is 56.9 Å². The zero-order chi connectivity index (χ0) is 22.8. The number of fused-ring (bicyclic) bond motifs is 1. The number of aromatic nitrogens is 3. The molecule has 0 aliphatic heterocycles. The van der Waals surface area contributed by atoms with Crippen LogP contribution in [0.3, 0.4) is 0 Å². The summed E-state index contributed by atoms with van der Waals surface area (Å²) in [5, 5.41) is 22.5. The highest BCUT2D eigenvalue weighted by molar-refractivity contribution is 7.99. The highest BCUT2D eigenvalue weighted by atomic mass is 32.2. The summed E-state index contributed by atoms with van der Waals surface area (Å²) in [4.78, 5) is 14.0. The van der Waals surface area contributed by atoms with Crippen LogP contribution in [0, 0.1) is 17.1 Å². The number of thiophene rings is 1. The average Bonchev–Trinajstić information content (AvgIpc) is 3.56. The van der Waals surface area contributed by atoms with Gasteiger partial charge in [-0.25, -0.2) is 4.39 Å². The number of anilines is 1. The molecule has 5 rings (SSSR count). The fourth-order valence-corrected chi connectivity index (χ4v) is 6.82. The van der Waals surface area contributed by atoms with Crippen molar-refractivity contribution in [2.24, 2.45) is 0 Å². The fraction of sp³-hybridized carbons (Fsp3) is 0.417. The van der Waals surface area contributed by atoms with Crippen molar-refractivity contribution in [3.63, 3.8) is 0 Å². The maximum atomic E-state index is 14.5. The monoisotopic (exact) mass is 481 g/mol. The van der Waals surface area contributed by atoms with Crippen molar-refractivity contribution in [3.8, 4) is 17.5 Å². The number of amides is 1. The minimum absolute atomic E-state index is 0.148. The molecule has 0 bridgehead atoms. The molecule has 2 aliphatic rings. The molecular formula is C24H24FN5OS2. The van der Waals surface area contributed by atoms with Gasteiger partial charge in [0.25, 0.3) is 0 Å². The molecule has 0 atom stereocenters. The topological polar surface area (TPSA) is 83.6 Å². The molecule has 0 saturated heterocycles. The Bertz CT molecular complexity index is 1220. The van der Waals surface area contributed by atoms with Crippen LogP contribution in [0.4, 0.5) is 9.39 Å². The third-order valence-corrected chi connectivity index (χ3v) is 8.49. The summed E-state index contributed by atoms with van der Waals surface area (Å²) >= 11 is 2.83. The second kappa shape index (κ2) is 9.65. The van der Waals surface area contributed by atoms with E-state index >= 15 is 0 Å². The first kappa shape index (κ1) is 22.1. The van der Waals surface area contributed by atoms with Crippen molar-refractivity contribution in [2.75, 3.05) is 11.1 Å². The Balaban J connectivity index is 1.35. The summed E-state index contributed by atoms with van der Waals surface area (Å²) in [6.07, 6.45) is 8.31. The molecule has 9 heteroatoms. The molecule has 2 aromatic heterocycles. The summed E-state index contributed by atoms with van der Waals surface area (Å²) in [5.41, 5.74) is 2.15. The van der Waals surface area contributed by atoms with Gasteiger partial charge in [-0.1, -0.05) is 36.7 Å². The standard InChI is InChI=1S/C24H24FN5OS2/c25-19-11-5-3-10-17(19)22-28-29-24(30(22)15-7-1-2-8-15)32-14-21(31)27-23-18(13-26)16-9-4-6-12-20(16)33-23/h3,5,10-11,15H,1-2,4,6-9,12,14H2,(H,27,31). The number of rotatable bonds is 6. The molecule has 1 N–H and O–H groups in total. The molecule has 2 heterocycles. The van der Waals surface area contributed by atoms with E-state index in [9.17, 15) is 14.4 Å². The molecule has 0 unspecified atom stereocenters. The van der Waals surface area contributed by atoms with Gasteiger partial charge in [0.2, 0.25) is 5.91 Å². The molecule has 0 radical (unpaired) electrons. The van der Waals surface area contributed by atoms with Crippen molar-refractivity contribution in [3.05, 3.63) is 46.1 Å². The lowest BCUT2D eigenvalue weighted by Crippen LogP contribution is -2.15. The van der Waals surface area contributed by atoms with Crippen LogP contribution in [-0.4, -0.2) is 26.4 Å². The van der Waals surface area contributed by atoms with Crippen LogP contribution in [0.5, 0.6) is 0 Å². The van der Waals surface area contributed by atoms with E-state index in [4.69, 9.17) is 0 Å². The van der Waals surface area contributed by atoms with E-state index in [0.29, 0.717) is 27.1 Å². The smallest absolute Gasteiger partial charge is 0.235 e. The van der Waals surface area contributed by atoms with E-state index in [1.807, 2.05) is 4.57 Å². The normalized spacial score (nSPS) is 15.9. The molecule has 33 heavy (non-hydrogen) atoms. The summed E-state index contributed by atoms with van der Waals surface area (Å²) in [6, 6.07) is 9.08. The van der Waals surface area contributed by atoms with Crippen LogP contribution in [0.1, 0.15) is 60.6 Å². The van der Waals surface area contributed by atoms with E-state index in [-0.39, 0.29) is 23.5 Å². The van der Waals surface area contributed by atoms with Gasteiger partial charge < -0.3 is 5.32 Å². The SMILES string of the molecule is N#Cc1c(NC(=O)CSc2nnc(-c3ccccc3F)n2C2CCCC2)sc2c1CCCC2. The maximum Gasteiger partial charge on any atom is 0.235 e. The van der Waals surface area contributed by atoms with Crippen LogP contribution < -0.4 is 5.32 Å². The van der Waals surface area contributed by atoms with Crippen molar-refractivity contribution in [1.82, 2.24) is 14.8 Å². The molecule has 1 aromatic carbocycles. The van der Waals surface area contributed by atoms with Crippen LogP contribution in [0.15, 0.2) is 29.4 Å². The van der Waals surface area contributed by atoms with Gasteiger partial charge in [-0.05, 0) is 56.2 Å². The Morgan fingerprint density at radius 2 is 2.00 bits per heavy atom. The second-order valence-electron chi connectivity index (χ2n) is 8.46. The number of hydrogen-bond donors (Lipinski definition) is 1. The first-order valence-electron chi connectivity index (χ1n) is 11.3. The first-order chi connectivity index (χ1) is 16.2. The molecule has 3 aromatic rings. The van der Waals surface area contributed by atoms with Crippen LogP contribution >= 0.6 is 23.1 Å². The first-order valence-corrected chi connectivity index (χ1v) is 13.1. The minimum atomic E-state index is -0.330. The second-order valence-corrected chi connectivity index (χ2v) is 10.5. The minimum Gasteiger partial charge on any atom is -0.316 e. The van der Waals surface area contributed by atoms with Gasteiger partial charge in [0, 0.05) is 10.9 Å². The third kappa shape index (κ3) is 4.42. The molecule has 6 nitrogen and oxygen atoms in total. The van der Waals surface area contributed by atoms with Gasteiger partial charge in [0.1, 0.15) is 16.9 Å². The summed E-state index contributed by atoms with van der Waals surface area (Å²) in [6.45, 7) is 0. The molecular weight excluding hydrogens is 457 g/mol. The number of nitriles is 1. The number of nitrogens with zero attached hydrogens (tertiary/aromatic N) is 4. The van der Waals surface area contributed by atoms with Crippen LogP contribution in [0.2, 0.25) is 0 Å². The number of carbonyl (C=O) groups excluding carboxylic acids is 1. The third-order valence-electron chi connectivity index (χ3n) is 6.34. The Morgan fingerprint density at radius 1 is 1.21 bits per heavy atom. The maximum absolute atomic E-state index is 14.5. The number of halogens is 1. The largest absolute Gasteiger partial charge is 0.316 e. The average molecular weight is 482 g/mol. The number of hydrogen-bond acceptors (Lipinski definition) is 6. The molecule has 170 valence electrons. The Morgan fingerprint density at radius 3 is 2.79 bits per heavy atom. The van der Waals surface area contributed by atoms with Crippen LogP contribution in [0.25, 0.3) is 11.4 Å². The Labute approximate surface area is 200 Å². The summed E-state index contributed by atoms with van der Waals surface area (Å²) < 4.78 is 16.5. The lowest BCUT2D eigenvalue weighted by molar-refractivity contribution is -0.113. The summed E-state index contributed by atoms with van der Waals surface area (Å²) in [7, 11) is 0. The number of nitrogens with one attached hydrogen (secondary N) is 1. The molecule has 1 amide bonds. The van der Waals surface area contributed by atoms with Crippen LogP contribution in [-0.2, 0) is 17.6 Å². The number of aryl methyl sites for hydroxylation is 1. The zero-order valence-corrected chi connectivity index (χ0v) is 19.8. The van der Waals surface area contributed by atoms with E-state index in [2.05, 4.69) is 21.6 Å². The lowest BCUT2D eigenvalue weighted by Gasteiger charge is -2.17. The van der Waals surface area contributed by atoms with Gasteiger partial charge >= 0.3 is 0 Å². The Hall–Kier alpha value is -2.70. The lowest BCUT2D eigenvalue weighted by atomic mass is 9.96. The van der Waals surface area contributed by atoms with Crippen molar-refractivity contribution in [1.29, 1.82) is 5.26 Å². The molecule has 1 fully saturated rings. The van der Waals surface area contributed by atoms with Crippen molar-refractivity contribution < 1.29 is 9.18 Å². The quantitative estimate of drug-likeness (QED) is 0.454.